The molecule has 3 N–H and O–H groups in total. The van der Waals surface area contributed by atoms with Gasteiger partial charge in [0.25, 0.3) is 0 Å². The number of para-hydroxylation sites is 1. The van der Waals surface area contributed by atoms with Gasteiger partial charge in [-0.15, -0.1) is 0 Å². The number of carbonyl (C=O) groups excluding carboxylic acids is 2. The number of likely N-dealkylation sites (tertiary alicyclic amines) is 1. The molecule has 1 aromatic carbocycles. The maximum atomic E-state index is 14.1. The minimum atomic E-state index is -3.15. The summed E-state index contributed by atoms with van der Waals surface area (Å²) in [4.78, 5) is 28.7. The Kier molecular flexibility index (Phi) is 7.60. The molecule has 0 spiro atoms. The number of anilines is 1. The molecular weight excluding hydrogens is 488 g/mol. The number of amides is 3. The molecule has 2 aliphatic carbocycles. The van der Waals surface area contributed by atoms with Gasteiger partial charge in [-0.05, 0) is 37.3 Å². The van der Waals surface area contributed by atoms with Gasteiger partial charge in [-0.3, -0.25) is 4.79 Å². The van der Waals surface area contributed by atoms with Gasteiger partial charge in [0.05, 0.1) is 17.7 Å². The summed E-state index contributed by atoms with van der Waals surface area (Å²) < 4.78 is 22.8. The van der Waals surface area contributed by atoms with E-state index in [9.17, 15) is 18.0 Å². The smallest absolute Gasteiger partial charge is 0.315 e. The second-order valence-corrected chi connectivity index (χ2v) is 13.2. The Morgan fingerprint density at radius 1 is 1.11 bits per heavy atom. The number of nitrogens with zero attached hydrogens (tertiary/aromatic N) is 1. The summed E-state index contributed by atoms with van der Waals surface area (Å²) in [6.07, 6.45) is 15.3. The Morgan fingerprint density at radius 2 is 1.92 bits per heavy atom. The van der Waals surface area contributed by atoms with Gasteiger partial charge in [0, 0.05) is 49.0 Å². The van der Waals surface area contributed by atoms with Crippen molar-refractivity contribution < 1.29 is 18.0 Å². The molecule has 200 valence electrons. The zero-order valence-corrected chi connectivity index (χ0v) is 22.3. The minimum Gasteiger partial charge on any atom is -0.381 e. The molecule has 1 saturated carbocycles. The van der Waals surface area contributed by atoms with Gasteiger partial charge in [0.15, 0.2) is 0 Å². The van der Waals surface area contributed by atoms with Gasteiger partial charge in [0.1, 0.15) is 9.84 Å². The van der Waals surface area contributed by atoms with E-state index >= 15 is 0 Å². The maximum absolute atomic E-state index is 14.1. The number of rotatable bonds is 6. The average molecular weight is 527 g/mol. The van der Waals surface area contributed by atoms with Crippen molar-refractivity contribution >= 4 is 27.5 Å². The quantitative estimate of drug-likeness (QED) is 0.527. The van der Waals surface area contributed by atoms with Crippen molar-refractivity contribution in [2.45, 2.75) is 56.7 Å². The van der Waals surface area contributed by atoms with Crippen LogP contribution in [0.4, 0.5) is 10.5 Å². The molecule has 9 heteroatoms. The van der Waals surface area contributed by atoms with Crippen LogP contribution in [0.15, 0.2) is 48.6 Å². The van der Waals surface area contributed by atoms with E-state index in [2.05, 4.69) is 57.3 Å². The third-order valence-electron chi connectivity index (χ3n) is 8.42. The Labute approximate surface area is 219 Å². The molecule has 1 aromatic rings. The second kappa shape index (κ2) is 10.9. The van der Waals surface area contributed by atoms with E-state index in [0.717, 1.165) is 57.0 Å². The molecule has 6 atom stereocenters. The number of fused-ring (bicyclic) bond motifs is 3. The molecule has 0 aromatic heterocycles. The molecule has 8 nitrogen and oxygen atoms in total. The summed E-state index contributed by atoms with van der Waals surface area (Å²) in [7, 11) is -3.15. The first kappa shape index (κ1) is 25.8. The summed E-state index contributed by atoms with van der Waals surface area (Å²) in [6.45, 7) is 0.776. The van der Waals surface area contributed by atoms with E-state index in [0.29, 0.717) is 11.8 Å². The Hall–Kier alpha value is -2.81. The lowest BCUT2D eigenvalue weighted by Gasteiger charge is -2.44. The van der Waals surface area contributed by atoms with Crippen molar-refractivity contribution in [1.29, 1.82) is 0 Å². The summed E-state index contributed by atoms with van der Waals surface area (Å²) in [6, 6.07) is 7.99. The number of allylic oxidation sites excluding steroid dienone is 3. The van der Waals surface area contributed by atoms with E-state index in [1.807, 2.05) is 12.1 Å². The molecule has 5 rings (SSSR count). The van der Waals surface area contributed by atoms with Gasteiger partial charge in [-0.2, -0.15) is 0 Å². The van der Waals surface area contributed by atoms with Crippen LogP contribution >= 0.6 is 0 Å². The zero-order valence-electron chi connectivity index (χ0n) is 21.4. The SMILES string of the molecule is CS(=O)(=O)CCNC(=O)N[C@@H]1CCCC[C@@H]1C(=O)N1CC[C@@H]2[C@H](C3C=CC=CC3)Nc3ccccc3[C@@H]21. The van der Waals surface area contributed by atoms with Crippen molar-refractivity contribution in [2.75, 3.05) is 30.4 Å². The van der Waals surface area contributed by atoms with Gasteiger partial charge in [0.2, 0.25) is 5.91 Å². The lowest BCUT2D eigenvalue weighted by Crippen LogP contribution is -2.53. The van der Waals surface area contributed by atoms with E-state index in [1.54, 1.807) is 0 Å². The van der Waals surface area contributed by atoms with Crippen LogP contribution in [0.25, 0.3) is 0 Å². The maximum Gasteiger partial charge on any atom is 0.315 e. The van der Waals surface area contributed by atoms with Crippen molar-refractivity contribution in [3.8, 4) is 0 Å². The van der Waals surface area contributed by atoms with Crippen LogP contribution in [0.2, 0.25) is 0 Å². The van der Waals surface area contributed by atoms with Crippen LogP contribution in [0.3, 0.4) is 0 Å². The molecule has 37 heavy (non-hydrogen) atoms. The normalized spacial score (nSPS) is 30.7. The molecule has 1 unspecified atom stereocenters. The summed E-state index contributed by atoms with van der Waals surface area (Å²) in [5, 5.41) is 9.44. The third kappa shape index (κ3) is 5.71. The first-order valence-electron chi connectivity index (χ1n) is 13.5. The van der Waals surface area contributed by atoms with Crippen LogP contribution < -0.4 is 16.0 Å². The van der Waals surface area contributed by atoms with Crippen LogP contribution in [-0.4, -0.2) is 62.4 Å². The molecule has 4 aliphatic rings. The summed E-state index contributed by atoms with van der Waals surface area (Å²) in [5.74, 6) is 0.467. The first-order chi connectivity index (χ1) is 17.8. The molecule has 2 heterocycles. The number of carbonyl (C=O) groups is 2. The predicted octanol–water partition coefficient (Wildman–Crippen LogP) is 3.41. The molecule has 2 aliphatic heterocycles. The van der Waals surface area contributed by atoms with E-state index in [1.165, 1.54) is 5.56 Å². The van der Waals surface area contributed by atoms with E-state index < -0.39 is 15.9 Å². The molecule has 0 bridgehead atoms. The van der Waals surface area contributed by atoms with Gasteiger partial charge >= 0.3 is 6.03 Å². The lowest BCUT2D eigenvalue weighted by molar-refractivity contribution is -0.138. The highest BCUT2D eigenvalue weighted by Gasteiger charge is 2.49. The fourth-order valence-corrected chi connectivity index (χ4v) is 7.16. The minimum absolute atomic E-state index is 0.0282. The van der Waals surface area contributed by atoms with Crippen LogP contribution in [0.1, 0.15) is 50.1 Å². The number of hydrogen-bond acceptors (Lipinski definition) is 5. The van der Waals surface area contributed by atoms with Crippen LogP contribution in [0, 0.1) is 17.8 Å². The van der Waals surface area contributed by atoms with Gasteiger partial charge < -0.3 is 20.9 Å². The third-order valence-corrected chi connectivity index (χ3v) is 9.37. The Bertz CT molecular complexity index is 1180. The monoisotopic (exact) mass is 526 g/mol. The first-order valence-corrected chi connectivity index (χ1v) is 15.6. The standard InChI is InChI=1S/C28H38N4O4S/c1-37(35,36)18-16-29-28(34)31-24-14-8-6-12-21(24)27(33)32-17-15-22-25(19-9-3-2-4-10-19)30-23-13-7-5-11-20(23)26(22)32/h2-5,7,9,11,13,19,21-22,24-26,30H,6,8,10,12,14-18H2,1H3,(H2,29,31,34)/t19?,21-,22+,24+,25-,26-/m0/s1. The molecule has 2 fully saturated rings. The Morgan fingerprint density at radius 3 is 2.70 bits per heavy atom. The zero-order chi connectivity index (χ0) is 26.0. The van der Waals surface area contributed by atoms with Crippen molar-refractivity contribution in [2.24, 2.45) is 17.8 Å². The fraction of sp³-hybridized carbons (Fsp3) is 0.571. The molecule has 0 radical (unpaired) electrons. The van der Waals surface area contributed by atoms with Crippen molar-refractivity contribution in [3.05, 3.63) is 54.1 Å². The number of nitrogens with one attached hydrogen (secondary N) is 3. The molecule has 3 amide bonds. The molecule has 1 saturated heterocycles. The second-order valence-electron chi connectivity index (χ2n) is 10.9. The highest BCUT2D eigenvalue weighted by molar-refractivity contribution is 7.90. The number of hydrogen-bond donors (Lipinski definition) is 3. The fourth-order valence-electron chi connectivity index (χ4n) is 6.68. The number of benzene rings is 1. The Balaban J connectivity index is 1.33. The van der Waals surface area contributed by atoms with Crippen molar-refractivity contribution in [3.63, 3.8) is 0 Å². The van der Waals surface area contributed by atoms with Crippen molar-refractivity contribution in [1.82, 2.24) is 15.5 Å². The van der Waals surface area contributed by atoms with Crippen LogP contribution in [-0.2, 0) is 14.6 Å². The topological polar surface area (TPSA) is 108 Å². The average Bonchev–Trinajstić information content (AvgIpc) is 3.33. The summed E-state index contributed by atoms with van der Waals surface area (Å²) >= 11 is 0. The number of urea groups is 1. The predicted molar refractivity (Wildman–Crippen MR) is 145 cm³/mol. The van der Waals surface area contributed by atoms with E-state index in [4.69, 9.17) is 0 Å². The van der Waals surface area contributed by atoms with Crippen LogP contribution in [0.5, 0.6) is 0 Å². The highest BCUT2D eigenvalue weighted by Crippen LogP contribution is 2.49. The van der Waals surface area contributed by atoms with E-state index in [-0.39, 0.29) is 42.2 Å². The molecular formula is C28H38N4O4S. The lowest BCUT2D eigenvalue weighted by atomic mass is 9.75. The largest absolute Gasteiger partial charge is 0.381 e. The number of sulfone groups is 1. The summed E-state index contributed by atoms with van der Waals surface area (Å²) in [5.41, 5.74) is 2.30. The van der Waals surface area contributed by atoms with Gasteiger partial charge in [-0.1, -0.05) is 55.3 Å². The van der Waals surface area contributed by atoms with Gasteiger partial charge in [-0.25, -0.2) is 13.2 Å². The highest BCUT2D eigenvalue weighted by atomic mass is 32.2.